The molecule has 0 aromatic carbocycles. The normalized spacial score (nSPS) is 38.4. The number of carboxylic acids is 2. The molecule has 6 nitrogen and oxygen atoms in total. The maximum absolute atomic E-state index is 11.5. The fourth-order valence-corrected chi connectivity index (χ4v) is 2.59. The van der Waals surface area contributed by atoms with Crippen molar-refractivity contribution in [2.24, 2.45) is 23.7 Å². The number of hydrogen-bond acceptors (Lipinski definition) is 4. The molecule has 80 valence electrons. The number of rotatable bonds is 2. The van der Waals surface area contributed by atoms with E-state index in [4.69, 9.17) is 10.2 Å². The van der Waals surface area contributed by atoms with E-state index in [2.05, 4.69) is 0 Å². The van der Waals surface area contributed by atoms with Gasteiger partial charge < -0.3 is 10.2 Å². The summed E-state index contributed by atoms with van der Waals surface area (Å²) in [5.74, 6) is -8.41. The number of carboxylic acid groups (broad SMARTS) is 2. The molecule has 0 unspecified atom stereocenters. The molecular weight excluding hydrogens is 204 g/mol. The summed E-state index contributed by atoms with van der Waals surface area (Å²) < 4.78 is 0. The molecule has 0 aliphatic heterocycles. The number of aliphatic carboxylic acids is 2. The van der Waals surface area contributed by atoms with E-state index >= 15 is 0 Å². The second kappa shape index (κ2) is 2.88. The van der Waals surface area contributed by atoms with Crippen molar-refractivity contribution >= 4 is 23.5 Å². The second-order valence-corrected chi connectivity index (χ2v) is 3.89. The van der Waals surface area contributed by atoms with E-state index in [1.807, 2.05) is 0 Å². The van der Waals surface area contributed by atoms with Crippen molar-refractivity contribution in [2.45, 2.75) is 6.42 Å². The molecule has 0 aromatic heterocycles. The molecule has 2 fully saturated rings. The summed E-state index contributed by atoms with van der Waals surface area (Å²) in [4.78, 5) is 44.4. The largest absolute Gasteiger partial charge is 0.481 e. The molecule has 2 aliphatic carbocycles. The summed E-state index contributed by atoms with van der Waals surface area (Å²) >= 11 is 0. The minimum Gasteiger partial charge on any atom is -0.481 e. The highest BCUT2D eigenvalue weighted by atomic mass is 16.4. The molecule has 2 saturated carbocycles. The Morgan fingerprint density at radius 3 is 2.07 bits per heavy atom. The topological polar surface area (TPSA) is 109 Å². The van der Waals surface area contributed by atoms with E-state index in [9.17, 15) is 19.2 Å². The van der Waals surface area contributed by atoms with E-state index in [1.165, 1.54) is 0 Å². The van der Waals surface area contributed by atoms with Gasteiger partial charge in [-0.25, -0.2) is 0 Å². The Balaban J connectivity index is 2.44. The Kier molecular flexibility index (Phi) is 1.89. The fraction of sp³-hybridized carbons (Fsp3) is 0.556. The molecule has 2 aliphatic rings. The number of carbonyl (C=O) groups excluding carboxylic acids is 2. The fourth-order valence-electron chi connectivity index (χ4n) is 2.59. The predicted octanol–water partition coefficient (Wildman–Crippen LogP) is -0.824. The van der Waals surface area contributed by atoms with Crippen molar-refractivity contribution < 1.29 is 29.4 Å². The number of ketones is 2. The molecule has 6 heteroatoms. The Bertz CT molecular complexity index is 384. The van der Waals surface area contributed by atoms with E-state index in [1.54, 1.807) is 0 Å². The van der Waals surface area contributed by atoms with Gasteiger partial charge in [-0.2, -0.15) is 0 Å². The highest BCUT2D eigenvalue weighted by molar-refractivity contribution is 6.16. The van der Waals surface area contributed by atoms with Crippen LogP contribution in [0, 0.1) is 23.7 Å². The summed E-state index contributed by atoms with van der Waals surface area (Å²) in [7, 11) is 0. The third-order valence-electron chi connectivity index (χ3n) is 3.19. The van der Waals surface area contributed by atoms with Crippen LogP contribution >= 0.6 is 0 Å². The van der Waals surface area contributed by atoms with Crippen molar-refractivity contribution in [1.29, 1.82) is 0 Å². The van der Waals surface area contributed by atoms with Crippen LogP contribution in [0.3, 0.4) is 0 Å². The third-order valence-corrected chi connectivity index (χ3v) is 3.19. The van der Waals surface area contributed by atoms with Crippen LogP contribution in [0.5, 0.6) is 0 Å². The first-order chi connectivity index (χ1) is 6.95. The van der Waals surface area contributed by atoms with Gasteiger partial charge >= 0.3 is 11.9 Å². The SMILES string of the molecule is O=C1C[C@H]2C(=O)[C@@H]1[C@H](C(=O)O)[C@H]2C(=O)O. The lowest BCUT2D eigenvalue weighted by Crippen LogP contribution is -2.38. The molecule has 2 rings (SSSR count). The number of carbonyl (C=O) groups is 4. The summed E-state index contributed by atoms with van der Waals surface area (Å²) in [6.07, 6.45) is -0.121. The third kappa shape index (κ3) is 1.10. The van der Waals surface area contributed by atoms with Crippen LogP contribution in [0.25, 0.3) is 0 Å². The van der Waals surface area contributed by atoms with E-state index in [0.29, 0.717) is 0 Å². The molecule has 15 heavy (non-hydrogen) atoms. The van der Waals surface area contributed by atoms with Gasteiger partial charge in [-0.3, -0.25) is 19.2 Å². The van der Waals surface area contributed by atoms with Gasteiger partial charge in [0, 0.05) is 12.3 Å². The van der Waals surface area contributed by atoms with Crippen molar-refractivity contribution in [3.8, 4) is 0 Å². The predicted molar refractivity (Wildman–Crippen MR) is 43.9 cm³/mol. The van der Waals surface area contributed by atoms with E-state index in [0.717, 1.165) is 0 Å². The van der Waals surface area contributed by atoms with Crippen LogP contribution in [0.4, 0.5) is 0 Å². The van der Waals surface area contributed by atoms with E-state index < -0.39 is 47.2 Å². The molecule has 0 saturated heterocycles. The molecular formula is C9H8O6. The molecule has 0 amide bonds. The first-order valence-corrected chi connectivity index (χ1v) is 4.47. The average Bonchev–Trinajstić information content (AvgIpc) is 2.54. The van der Waals surface area contributed by atoms with Crippen LogP contribution in [0.15, 0.2) is 0 Å². The van der Waals surface area contributed by atoms with Gasteiger partial charge in [0.05, 0.1) is 17.8 Å². The minimum absolute atomic E-state index is 0.121. The van der Waals surface area contributed by atoms with Crippen LogP contribution < -0.4 is 0 Å². The van der Waals surface area contributed by atoms with Crippen molar-refractivity contribution in [3.63, 3.8) is 0 Å². The van der Waals surface area contributed by atoms with E-state index in [-0.39, 0.29) is 6.42 Å². The minimum atomic E-state index is -1.38. The van der Waals surface area contributed by atoms with Gasteiger partial charge in [-0.05, 0) is 0 Å². The highest BCUT2D eigenvalue weighted by Crippen LogP contribution is 2.47. The Hall–Kier alpha value is -1.72. The van der Waals surface area contributed by atoms with Gasteiger partial charge in [-0.15, -0.1) is 0 Å². The smallest absolute Gasteiger partial charge is 0.308 e. The Morgan fingerprint density at radius 1 is 1.07 bits per heavy atom. The molecule has 0 heterocycles. The quantitative estimate of drug-likeness (QED) is 0.578. The van der Waals surface area contributed by atoms with Crippen LogP contribution in [-0.2, 0) is 19.2 Å². The molecule has 2 bridgehead atoms. The first kappa shape index (κ1) is 9.82. The monoisotopic (exact) mass is 212 g/mol. The van der Waals surface area contributed by atoms with Crippen LogP contribution in [0.1, 0.15) is 6.42 Å². The summed E-state index contributed by atoms with van der Waals surface area (Å²) in [6, 6.07) is 0. The molecule has 4 atom stereocenters. The lowest BCUT2D eigenvalue weighted by atomic mass is 9.79. The molecule has 0 aromatic rings. The van der Waals surface area contributed by atoms with Crippen LogP contribution in [0.2, 0.25) is 0 Å². The summed E-state index contributed by atoms with van der Waals surface area (Å²) in [5.41, 5.74) is 0. The Morgan fingerprint density at radius 2 is 1.60 bits per heavy atom. The van der Waals surface area contributed by atoms with Crippen molar-refractivity contribution in [2.75, 3.05) is 0 Å². The highest BCUT2D eigenvalue weighted by Gasteiger charge is 2.63. The van der Waals surface area contributed by atoms with Gasteiger partial charge in [0.25, 0.3) is 0 Å². The summed E-state index contributed by atoms with van der Waals surface area (Å²) in [5, 5.41) is 17.7. The van der Waals surface area contributed by atoms with Gasteiger partial charge in [0.15, 0.2) is 0 Å². The average molecular weight is 212 g/mol. The molecule has 0 radical (unpaired) electrons. The molecule has 0 spiro atoms. The van der Waals surface area contributed by atoms with Gasteiger partial charge in [0.2, 0.25) is 0 Å². The maximum Gasteiger partial charge on any atom is 0.308 e. The summed E-state index contributed by atoms with van der Waals surface area (Å²) in [6.45, 7) is 0. The van der Waals surface area contributed by atoms with Crippen LogP contribution in [-0.4, -0.2) is 33.7 Å². The first-order valence-electron chi connectivity index (χ1n) is 4.47. The number of Topliss-reactive ketones (excluding diaryl/α,β-unsaturated/α-hetero) is 2. The van der Waals surface area contributed by atoms with Gasteiger partial charge in [0.1, 0.15) is 11.6 Å². The zero-order chi connectivity index (χ0) is 11.3. The Labute approximate surface area is 83.9 Å². The standard InChI is InChI=1S/C9H8O6/c10-3-1-2-4(8(12)13)6(9(14)15)5(3)7(2)11/h2,4-6H,1H2,(H,12,13)(H,14,15)/t2-,4+,5+,6-/m1/s1. The lowest BCUT2D eigenvalue weighted by molar-refractivity contribution is -0.158. The lowest BCUT2D eigenvalue weighted by Gasteiger charge is -2.21. The number of fused-ring (bicyclic) bond motifs is 2. The zero-order valence-corrected chi connectivity index (χ0v) is 7.54. The van der Waals surface area contributed by atoms with Crippen molar-refractivity contribution in [1.82, 2.24) is 0 Å². The second-order valence-electron chi connectivity index (χ2n) is 3.89. The molecule has 2 N–H and O–H groups in total. The van der Waals surface area contributed by atoms with Crippen molar-refractivity contribution in [3.05, 3.63) is 0 Å². The number of hydrogen-bond donors (Lipinski definition) is 2. The zero-order valence-electron chi connectivity index (χ0n) is 7.54. The maximum atomic E-state index is 11.5. The van der Waals surface area contributed by atoms with Gasteiger partial charge in [-0.1, -0.05) is 0 Å².